The van der Waals surface area contributed by atoms with E-state index in [-0.39, 0.29) is 0 Å². The van der Waals surface area contributed by atoms with Crippen molar-refractivity contribution in [1.29, 1.82) is 0 Å². The number of aromatic amines is 1. The molecule has 2 aromatic carbocycles. The van der Waals surface area contributed by atoms with E-state index in [1.54, 1.807) is 0 Å². The fourth-order valence-corrected chi connectivity index (χ4v) is 3.46. The molecule has 0 unspecified atom stereocenters. The van der Waals surface area contributed by atoms with Gasteiger partial charge in [0.1, 0.15) is 0 Å². The van der Waals surface area contributed by atoms with Crippen molar-refractivity contribution in [1.82, 2.24) is 4.98 Å². The van der Waals surface area contributed by atoms with E-state index in [4.69, 9.17) is 11.6 Å². The normalized spacial score (nSPS) is 21.2. The summed E-state index contributed by atoms with van der Waals surface area (Å²) in [5, 5.41) is 5.77. The van der Waals surface area contributed by atoms with E-state index in [0.29, 0.717) is 12.0 Å². The van der Waals surface area contributed by atoms with Crippen molar-refractivity contribution in [3.8, 4) is 0 Å². The minimum absolute atomic E-state index is 0.544. The third kappa shape index (κ3) is 2.40. The van der Waals surface area contributed by atoms with Gasteiger partial charge in [-0.05, 0) is 54.7 Å². The van der Waals surface area contributed by atoms with Crippen LogP contribution in [0, 0.1) is 0 Å². The molecule has 21 heavy (non-hydrogen) atoms. The molecule has 1 aliphatic carbocycles. The quantitative estimate of drug-likeness (QED) is 0.685. The Morgan fingerprint density at radius 1 is 1.05 bits per heavy atom. The molecule has 0 spiro atoms. The summed E-state index contributed by atoms with van der Waals surface area (Å²) < 4.78 is 0. The van der Waals surface area contributed by atoms with Crippen molar-refractivity contribution in [2.24, 2.45) is 0 Å². The maximum atomic E-state index is 6.27. The van der Waals surface area contributed by atoms with Crippen LogP contribution in [-0.4, -0.2) is 11.0 Å². The predicted molar refractivity (Wildman–Crippen MR) is 89.1 cm³/mol. The smallest absolute Gasteiger partial charge is 0.0455 e. The van der Waals surface area contributed by atoms with Gasteiger partial charge in [-0.3, -0.25) is 0 Å². The Bertz CT molecular complexity index is 771. The van der Waals surface area contributed by atoms with E-state index in [9.17, 15) is 0 Å². The Morgan fingerprint density at radius 2 is 1.90 bits per heavy atom. The second-order valence-corrected chi connectivity index (χ2v) is 6.22. The highest BCUT2D eigenvalue weighted by atomic mass is 35.5. The third-order valence-corrected chi connectivity index (χ3v) is 4.75. The Balaban J connectivity index is 1.43. The van der Waals surface area contributed by atoms with Crippen molar-refractivity contribution in [2.45, 2.75) is 24.8 Å². The number of aromatic nitrogens is 1. The predicted octanol–water partition coefficient (Wildman–Crippen LogP) is 5.18. The van der Waals surface area contributed by atoms with E-state index in [2.05, 4.69) is 46.7 Å². The Kier molecular flexibility index (Phi) is 3.12. The lowest BCUT2D eigenvalue weighted by Crippen LogP contribution is -2.34. The van der Waals surface area contributed by atoms with Gasteiger partial charge in [-0.1, -0.05) is 29.8 Å². The van der Waals surface area contributed by atoms with Crippen LogP contribution < -0.4 is 5.32 Å². The minimum atomic E-state index is 0.544. The fourth-order valence-electron chi connectivity index (χ4n) is 3.17. The van der Waals surface area contributed by atoms with E-state index in [1.807, 2.05) is 18.3 Å². The van der Waals surface area contributed by atoms with Gasteiger partial charge in [-0.25, -0.2) is 0 Å². The Hall–Kier alpha value is -1.93. The topological polar surface area (TPSA) is 27.8 Å². The molecule has 0 amide bonds. The SMILES string of the molecule is Clc1ccccc1C1CC(Nc2ccc3[nH]ccc3c2)C1. The van der Waals surface area contributed by atoms with Crippen LogP contribution in [0.1, 0.15) is 24.3 Å². The van der Waals surface area contributed by atoms with Crippen LogP contribution in [0.2, 0.25) is 5.02 Å². The molecule has 2 N–H and O–H groups in total. The summed E-state index contributed by atoms with van der Waals surface area (Å²) in [5.74, 6) is 0.590. The van der Waals surface area contributed by atoms with Crippen LogP contribution in [-0.2, 0) is 0 Å². The number of hydrogen-bond donors (Lipinski definition) is 2. The highest BCUT2D eigenvalue weighted by Gasteiger charge is 2.31. The zero-order valence-corrected chi connectivity index (χ0v) is 12.4. The summed E-state index contributed by atoms with van der Waals surface area (Å²) in [4.78, 5) is 3.22. The molecule has 1 aromatic heterocycles. The van der Waals surface area contributed by atoms with Gasteiger partial charge in [-0.15, -0.1) is 0 Å². The van der Waals surface area contributed by atoms with Crippen molar-refractivity contribution >= 4 is 28.2 Å². The zero-order chi connectivity index (χ0) is 14.2. The van der Waals surface area contributed by atoms with Crippen molar-refractivity contribution in [2.75, 3.05) is 5.32 Å². The van der Waals surface area contributed by atoms with E-state index < -0.39 is 0 Å². The second kappa shape index (κ2) is 5.12. The van der Waals surface area contributed by atoms with Gasteiger partial charge in [0, 0.05) is 33.9 Å². The second-order valence-electron chi connectivity index (χ2n) is 5.81. The molecule has 0 bridgehead atoms. The molecule has 4 rings (SSSR count). The Morgan fingerprint density at radius 3 is 2.76 bits per heavy atom. The molecule has 1 aliphatic rings. The Labute approximate surface area is 129 Å². The van der Waals surface area contributed by atoms with Gasteiger partial charge in [0.2, 0.25) is 0 Å². The summed E-state index contributed by atoms with van der Waals surface area (Å²) in [5.41, 5.74) is 3.67. The summed E-state index contributed by atoms with van der Waals surface area (Å²) >= 11 is 6.27. The molecule has 3 aromatic rings. The standard InChI is InChI=1S/C18H17ClN2/c19-17-4-2-1-3-16(17)13-10-15(11-13)21-14-5-6-18-12(9-14)7-8-20-18/h1-9,13,15,20-21H,10-11H2. The number of hydrogen-bond acceptors (Lipinski definition) is 1. The molecular weight excluding hydrogens is 280 g/mol. The van der Waals surface area contributed by atoms with Crippen LogP contribution in [0.5, 0.6) is 0 Å². The van der Waals surface area contributed by atoms with Crippen LogP contribution in [0.4, 0.5) is 5.69 Å². The van der Waals surface area contributed by atoms with Crippen LogP contribution >= 0.6 is 11.6 Å². The molecule has 1 saturated carbocycles. The molecule has 0 atom stereocenters. The van der Waals surface area contributed by atoms with Gasteiger partial charge in [0.15, 0.2) is 0 Å². The van der Waals surface area contributed by atoms with Crippen LogP contribution in [0.3, 0.4) is 0 Å². The number of halogens is 1. The minimum Gasteiger partial charge on any atom is -0.382 e. The first-order valence-corrected chi connectivity index (χ1v) is 7.75. The highest BCUT2D eigenvalue weighted by molar-refractivity contribution is 6.31. The average Bonchev–Trinajstić information content (AvgIpc) is 2.91. The number of anilines is 1. The first kappa shape index (κ1) is 12.8. The van der Waals surface area contributed by atoms with Gasteiger partial charge >= 0.3 is 0 Å². The summed E-state index contributed by atoms with van der Waals surface area (Å²) in [6.45, 7) is 0. The van der Waals surface area contributed by atoms with Gasteiger partial charge < -0.3 is 10.3 Å². The third-order valence-electron chi connectivity index (χ3n) is 4.41. The maximum Gasteiger partial charge on any atom is 0.0455 e. The summed E-state index contributed by atoms with van der Waals surface area (Å²) in [6.07, 6.45) is 4.27. The summed E-state index contributed by atoms with van der Waals surface area (Å²) in [6, 6.07) is 17.3. The van der Waals surface area contributed by atoms with Gasteiger partial charge in [-0.2, -0.15) is 0 Å². The van der Waals surface area contributed by atoms with Crippen molar-refractivity contribution < 1.29 is 0 Å². The van der Waals surface area contributed by atoms with E-state index >= 15 is 0 Å². The molecular formula is C18H17ClN2. The summed E-state index contributed by atoms with van der Waals surface area (Å²) in [7, 11) is 0. The van der Waals surface area contributed by atoms with Crippen LogP contribution in [0.25, 0.3) is 10.9 Å². The van der Waals surface area contributed by atoms with Crippen LogP contribution in [0.15, 0.2) is 54.7 Å². The van der Waals surface area contributed by atoms with Gasteiger partial charge in [0.05, 0.1) is 0 Å². The maximum absolute atomic E-state index is 6.27. The number of H-pyrrole nitrogens is 1. The molecule has 2 nitrogen and oxygen atoms in total. The molecule has 0 radical (unpaired) electrons. The first-order chi connectivity index (χ1) is 10.3. The van der Waals surface area contributed by atoms with E-state index in [1.165, 1.54) is 22.2 Å². The number of benzene rings is 2. The average molecular weight is 297 g/mol. The monoisotopic (exact) mass is 296 g/mol. The number of rotatable bonds is 3. The molecule has 0 aliphatic heterocycles. The molecule has 1 fully saturated rings. The lowest BCUT2D eigenvalue weighted by atomic mass is 9.76. The van der Waals surface area contributed by atoms with E-state index in [0.717, 1.165) is 17.9 Å². The number of fused-ring (bicyclic) bond motifs is 1. The number of nitrogens with one attached hydrogen (secondary N) is 2. The lowest BCUT2D eigenvalue weighted by molar-refractivity contribution is 0.374. The fraction of sp³-hybridized carbons (Fsp3) is 0.222. The largest absolute Gasteiger partial charge is 0.382 e. The zero-order valence-electron chi connectivity index (χ0n) is 11.6. The highest BCUT2D eigenvalue weighted by Crippen LogP contribution is 2.41. The van der Waals surface area contributed by atoms with Crippen molar-refractivity contribution in [3.63, 3.8) is 0 Å². The molecule has 0 saturated heterocycles. The lowest BCUT2D eigenvalue weighted by Gasteiger charge is -2.37. The molecule has 1 heterocycles. The molecule has 3 heteroatoms. The van der Waals surface area contributed by atoms with Gasteiger partial charge in [0.25, 0.3) is 0 Å². The molecule has 106 valence electrons. The van der Waals surface area contributed by atoms with Crippen molar-refractivity contribution in [3.05, 3.63) is 65.3 Å². The first-order valence-electron chi connectivity index (χ1n) is 7.38.